The van der Waals surface area contributed by atoms with Crippen LogP contribution in [0.2, 0.25) is 0 Å². The minimum absolute atomic E-state index is 0.0120. The average molecular weight is 421 g/mol. The fourth-order valence-electron chi connectivity index (χ4n) is 4.53. The topological polar surface area (TPSA) is 68.6 Å². The molecule has 0 aliphatic carbocycles. The molecule has 2 atom stereocenters. The molecule has 1 heterocycles. The van der Waals surface area contributed by atoms with Gasteiger partial charge >= 0.3 is 5.97 Å². The summed E-state index contributed by atoms with van der Waals surface area (Å²) in [5.74, 6) is -0.409. The van der Waals surface area contributed by atoms with Gasteiger partial charge in [-0.1, -0.05) is 27.7 Å². The molecule has 6 nitrogen and oxygen atoms in total. The molecule has 170 valence electrons. The molecule has 0 radical (unpaired) electrons. The summed E-state index contributed by atoms with van der Waals surface area (Å²) in [4.78, 5) is 40.5. The quantitative estimate of drug-likeness (QED) is 0.452. The maximum atomic E-state index is 13.5. The number of esters is 1. The molecule has 1 aromatic heterocycles. The predicted octanol–water partition coefficient (Wildman–Crippen LogP) is 4.70. The summed E-state index contributed by atoms with van der Waals surface area (Å²) in [7, 11) is 3.07. The minimum atomic E-state index is -0.621. The van der Waals surface area contributed by atoms with Gasteiger partial charge in [0.05, 0.1) is 13.2 Å². The molecule has 0 aromatic carbocycles. The summed E-state index contributed by atoms with van der Waals surface area (Å²) < 4.78 is 6.57. The normalized spacial score (nSPS) is 13.9. The van der Waals surface area contributed by atoms with Gasteiger partial charge in [0.25, 0.3) is 0 Å². The highest BCUT2D eigenvalue weighted by Crippen LogP contribution is 2.28. The Balaban J connectivity index is 3.22. The van der Waals surface area contributed by atoms with Crippen molar-refractivity contribution in [2.24, 2.45) is 18.4 Å². The summed E-state index contributed by atoms with van der Waals surface area (Å²) in [5, 5.41) is 0. The van der Waals surface area contributed by atoms with Gasteiger partial charge in [0.15, 0.2) is 5.78 Å². The number of amides is 1. The Morgan fingerprint density at radius 1 is 1.07 bits per heavy atom. The van der Waals surface area contributed by atoms with Crippen LogP contribution in [0.1, 0.15) is 93.4 Å². The molecule has 0 spiro atoms. The lowest BCUT2D eigenvalue weighted by Gasteiger charge is -2.34. The van der Waals surface area contributed by atoms with Crippen LogP contribution in [0, 0.1) is 25.2 Å². The van der Waals surface area contributed by atoms with Gasteiger partial charge in [0.2, 0.25) is 5.91 Å². The lowest BCUT2D eigenvalue weighted by Crippen LogP contribution is -2.48. The second-order valence-corrected chi connectivity index (χ2v) is 9.99. The van der Waals surface area contributed by atoms with Gasteiger partial charge < -0.3 is 14.2 Å². The van der Waals surface area contributed by atoms with E-state index in [0.717, 1.165) is 6.42 Å². The van der Waals surface area contributed by atoms with E-state index in [1.54, 1.807) is 30.4 Å². The van der Waals surface area contributed by atoms with Gasteiger partial charge in [-0.2, -0.15) is 0 Å². The largest absolute Gasteiger partial charge is 0.464 e. The standard InChI is InChI=1S/C24H40N2O4/c1-14(2)26(19(27)12-15(3)13-24(7,8)9)18(6)22(28)20-16(4)21(23(29)30-11)25(10)17(20)5/h14-15,18H,12-13H2,1-11H3. The van der Waals surface area contributed by atoms with Crippen molar-refractivity contribution in [3.05, 3.63) is 22.5 Å². The third kappa shape index (κ3) is 5.73. The van der Waals surface area contributed by atoms with Crippen molar-refractivity contribution in [3.8, 4) is 0 Å². The van der Waals surface area contributed by atoms with Gasteiger partial charge in [0, 0.05) is 30.8 Å². The molecular formula is C24H40N2O4. The highest BCUT2D eigenvalue weighted by molar-refractivity contribution is 6.06. The molecule has 0 saturated heterocycles. The summed E-state index contributed by atoms with van der Waals surface area (Å²) >= 11 is 0. The third-order valence-electron chi connectivity index (χ3n) is 5.68. The number of carbonyl (C=O) groups excluding carboxylic acids is 3. The molecule has 1 rings (SSSR count). The lowest BCUT2D eigenvalue weighted by atomic mass is 9.84. The molecule has 0 bridgehead atoms. The zero-order valence-electron chi connectivity index (χ0n) is 20.7. The number of Topliss-reactive ketones (excluding diaryl/α,β-unsaturated/α-hetero) is 1. The predicted molar refractivity (Wildman–Crippen MR) is 120 cm³/mol. The van der Waals surface area contributed by atoms with Crippen LogP contribution in [-0.2, 0) is 16.6 Å². The number of hydrogen-bond donors (Lipinski definition) is 0. The van der Waals surface area contributed by atoms with Crippen molar-refractivity contribution in [1.29, 1.82) is 0 Å². The van der Waals surface area contributed by atoms with E-state index in [-0.39, 0.29) is 29.1 Å². The van der Waals surface area contributed by atoms with Crippen LogP contribution >= 0.6 is 0 Å². The summed E-state index contributed by atoms with van der Waals surface area (Å²) in [6.45, 7) is 17.8. The van der Waals surface area contributed by atoms with Crippen LogP contribution < -0.4 is 0 Å². The van der Waals surface area contributed by atoms with Crippen LogP contribution in [0.4, 0.5) is 0 Å². The Morgan fingerprint density at radius 2 is 1.60 bits per heavy atom. The van der Waals surface area contributed by atoms with Crippen LogP contribution in [-0.4, -0.2) is 46.3 Å². The van der Waals surface area contributed by atoms with Gasteiger partial charge in [-0.15, -0.1) is 0 Å². The van der Waals surface area contributed by atoms with E-state index in [1.165, 1.54) is 7.11 Å². The molecule has 1 aromatic rings. The van der Waals surface area contributed by atoms with Gasteiger partial charge in [-0.3, -0.25) is 9.59 Å². The van der Waals surface area contributed by atoms with E-state index in [9.17, 15) is 14.4 Å². The number of carbonyl (C=O) groups is 3. The molecule has 6 heteroatoms. The molecule has 0 fully saturated rings. The van der Waals surface area contributed by atoms with E-state index in [0.29, 0.717) is 28.9 Å². The zero-order chi connectivity index (χ0) is 23.5. The van der Waals surface area contributed by atoms with Crippen molar-refractivity contribution in [2.75, 3.05) is 7.11 Å². The van der Waals surface area contributed by atoms with E-state index in [4.69, 9.17) is 4.74 Å². The molecular weight excluding hydrogens is 380 g/mol. The van der Waals surface area contributed by atoms with Crippen LogP contribution in [0.25, 0.3) is 0 Å². The monoisotopic (exact) mass is 420 g/mol. The summed E-state index contributed by atoms with van der Waals surface area (Å²) in [5.41, 5.74) is 2.29. The molecule has 0 aliphatic rings. The number of methoxy groups -OCH3 is 1. The minimum Gasteiger partial charge on any atom is -0.464 e. The summed E-state index contributed by atoms with van der Waals surface area (Å²) in [6, 6.07) is -0.729. The Morgan fingerprint density at radius 3 is 2.03 bits per heavy atom. The second-order valence-electron chi connectivity index (χ2n) is 9.99. The van der Waals surface area contributed by atoms with E-state index in [1.807, 2.05) is 20.8 Å². The number of aromatic nitrogens is 1. The van der Waals surface area contributed by atoms with Crippen molar-refractivity contribution in [3.63, 3.8) is 0 Å². The maximum absolute atomic E-state index is 13.5. The van der Waals surface area contributed by atoms with Crippen LogP contribution in [0.5, 0.6) is 0 Å². The van der Waals surface area contributed by atoms with E-state index >= 15 is 0 Å². The maximum Gasteiger partial charge on any atom is 0.354 e. The Bertz CT molecular complexity index is 799. The fourth-order valence-corrected chi connectivity index (χ4v) is 4.53. The van der Waals surface area contributed by atoms with E-state index in [2.05, 4.69) is 27.7 Å². The zero-order valence-corrected chi connectivity index (χ0v) is 20.7. The van der Waals surface area contributed by atoms with Crippen molar-refractivity contribution < 1.29 is 19.1 Å². The van der Waals surface area contributed by atoms with Gasteiger partial charge in [-0.05, 0) is 57.9 Å². The first kappa shape index (κ1) is 25.9. The Kier molecular flexibility index (Phi) is 8.47. The smallest absolute Gasteiger partial charge is 0.354 e. The SMILES string of the molecule is COC(=O)c1c(C)c(C(=O)C(C)N(C(=O)CC(C)CC(C)(C)C)C(C)C)c(C)n1C. The van der Waals surface area contributed by atoms with Gasteiger partial charge in [0.1, 0.15) is 5.69 Å². The number of hydrogen-bond acceptors (Lipinski definition) is 4. The third-order valence-corrected chi connectivity index (χ3v) is 5.68. The fraction of sp³-hybridized carbons (Fsp3) is 0.708. The van der Waals surface area contributed by atoms with Crippen molar-refractivity contribution in [2.45, 2.75) is 87.2 Å². The van der Waals surface area contributed by atoms with Crippen LogP contribution in [0.15, 0.2) is 0 Å². The molecule has 2 unspecified atom stereocenters. The first-order chi connectivity index (χ1) is 13.6. The number of ketones is 1. The first-order valence-electron chi connectivity index (χ1n) is 10.7. The first-order valence-corrected chi connectivity index (χ1v) is 10.7. The van der Waals surface area contributed by atoms with Crippen molar-refractivity contribution >= 4 is 17.7 Å². The summed E-state index contributed by atoms with van der Waals surface area (Å²) in [6.07, 6.45) is 1.35. The van der Waals surface area contributed by atoms with Crippen molar-refractivity contribution in [1.82, 2.24) is 9.47 Å². The Labute approximate surface area is 182 Å². The second kappa shape index (κ2) is 9.80. The number of nitrogens with zero attached hydrogens (tertiary/aromatic N) is 2. The molecule has 0 N–H and O–H groups in total. The highest BCUT2D eigenvalue weighted by Gasteiger charge is 2.34. The van der Waals surface area contributed by atoms with E-state index < -0.39 is 12.0 Å². The molecule has 0 aliphatic heterocycles. The number of rotatable bonds is 8. The molecule has 1 amide bonds. The molecule has 30 heavy (non-hydrogen) atoms. The lowest BCUT2D eigenvalue weighted by molar-refractivity contribution is -0.135. The molecule has 0 saturated carbocycles. The number of ether oxygens (including phenoxy) is 1. The Hall–Kier alpha value is -2.11. The average Bonchev–Trinajstić information content (AvgIpc) is 2.80. The highest BCUT2D eigenvalue weighted by atomic mass is 16.5. The van der Waals surface area contributed by atoms with Gasteiger partial charge in [-0.25, -0.2) is 4.79 Å². The van der Waals surface area contributed by atoms with Crippen LogP contribution in [0.3, 0.4) is 0 Å².